The molecule has 2 heterocycles. The molecule has 0 bridgehead atoms. The van der Waals surface area contributed by atoms with E-state index in [9.17, 15) is 9.90 Å². The zero-order valence-electron chi connectivity index (χ0n) is 10.3. The lowest BCUT2D eigenvalue weighted by molar-refractivity contribution is 0.0696. The lowest BCUT2D eigenvalue weighted by Crippen LogP contribution is -1.97. The minimum absolute atomic E-state index is 0.138. The van der Waals surface area contributed by atoms with E-state index in [0.29, 0.717) is 11.4 Å². The third-order valence-electron chi connectivity index (χ3n) is 2.95. The largest absolute Gasteiger partial charge is 0.508 e. The van der Waals surface area contributed by atoms with Crippen LogP contribution in [0.2, 0.25) is 0 Å². The monoisotopic (exact) mass is 266 g/mol. The van der Waals surface area contributed by atoms with Crippen LogP contribution in [0.25, 0.3) is 22.3 Å². The highest BCUT2D eigenvalue weighted by atomic mass is 16.4. The number of phenolic OH excluding ortho intramolecular Hbond substituents is 1. The number of aromatic carboxylic acids is 1. The topological polar surface area (TPSA) is 83.3 Å². The molecule has 0 aliphatic rings. The van der Waals surface area contributed by atoms with Gasteiger partial charge in [0.1, 0.15) is 5.75 Å². The first-order valence-corrected chi connectivity index (χ1v) is 5.93. The molecule has 0 saturated heterocycles. The van der Waals surface area contributed by atoms with Crippen LogP contribution in [-0.2, 0) is 0 Å². The van der Waals surface area contributed by atoms with Crippen LogP contribution in [-0.4, -0.2) is 26.2 Å². The number of aromatic hydroxyl groups is 1. The standard InChI is InChI=1S/C15H10N2O3/c18-11-3-6-12-9(7-11)1-5-14(17-12)13-4-2-10(8-16-13)15(19)20/h1-8,18H,(H,19,20). The van der Waals surface area contributed by atoms with E-state index in [1.54, 1.807) is 30.3 Å². The first-order valence-electron chi connectivity index (χ1n) is 5.93. The minimum Gasteiger partial charge on any atom is -0.508 e. The van der Waals surface area contributed by atoms with Crippen molar-refractivity contribution < 1.29 is 15.0 Å². The van der Waals surface area contributed by atoms with Crippen molar-refractivity contribution in [1.82, 2.24) is 9.97 Å². The molecule has 98 valence electrons. The van der Waals surface area contributed by atoms with Gasteiger partial charge in [-0.3, -0.25) is 4.98 Å². The van der Waals surface area contributed by atoms with Crippen LogP contribution in [0.3, 0.4) is 0 Å². The fourth-order valence-electron chi connectivity index (χ4n) is 1.93. The van der Waals surface area contributed by atoms with Crippen LogP contribution >= 0.6 is 0 Å². The van der Waals surface area contributed by atoms with Gasteiger partial charge in [-0.25, -0.2) is 9.78 Å². The Morgan fingerprint density at radius 2 is 1.80 bits per heavy atom. The van der Waals surface area contributed by atoms with E-state index < -0.39 is 5.97 Å². The Bertz CT molecular complexity index is 798. The molecule has 0 aliphatic carbocycles. The maximum Gasteiger partial charge on any atom is 0.337 e. The van der Waals surface area contributed by atoms with Gasteiger partial charge in [-0.2, -0.15) is 0 Å². The third-order valence-corrected chi connectivity index (χ3v) is 2.95. The zero-order valence-corrected chi connectivity index (χ0v) is 10.3. The predicted molar refractivity (Wildman–Crippen MR) is 73.6 cm³/mol. The highest BCUT2D eigenvalue weighted by Gasteiger charge is 2.06. The Hall–Kier alpha value is -2.95. The van der Waals surface area contributed by atoms with Gasteiger partial charge in [0.15, 0.2) is 0 Å². The molecular weight excluding hydrogens is 256 g/mol. The summed E-state index contributed by atoms with van der Waals surface area (Å²) in [6, 6.07) is 11.7. The number of rotatable bonds is 2. The third kappa shape index (κ3) is 2.16. The summed E-state index contributed by atoms with van der Waals surface area (Å²) in [6.45, 7) is 0. The molecule has 20 heavy (non-hydrogen) atoms. The molecule has 3 rings (SSSR count). The van der Waals surface area contributed by atoms with Gasteiger partial charge in [-0.05, 0) is 36.4 Å². The normalized spacial score (nSPS) is 10.6. The van der Waals surface area contributed by atoms with Crippen molar-refractivity contribution in [3.8, 4) is 17.1 Å². The van der Waals surface area contributed by atoms with Gasteiger partial charge in [0.05, 0.1) is 22.5 Å². The second-order valence-electron chi connectivity index (χ2n) is 4.31. The van der Waals surface area contributed by atoms with Crippen molar-refractivity contribution in [2.45, 2.75) is 0 Å². The number of aromatic nitrogens is 2. The summed E-state index contributed by atoms with van der Waals surface area (Å²) in [5, 5.41) is 19.1. The van der Waals surface area contributed by atoms with E-state index >= 15 is 0 Å². The Labute approximate surface area is 114 Å². The number of nitrogens with zero attached hydrogens (tertiary/aromatic N) is 2. The SMILES string of the molecule is O=C(O)c1ccc(-c2ccc3cc(O)ccc3n2)nc1. The van der Waals surface area contributed by atoms with Crippen LogP contribution in [0, 0.1) is 0 Å². The molecule has 1 aromatic carbocycles. The molecule has 0 unspecified atom stereocenters. The van der Waals surface area contributed by atoms with Gasteiger partial charge >= 0.3 is 5.97 Å². The summed E-state index contributed by atoms with van der Waals surface area (Å²) in [5.74, 6) is -0.818. The van der Waals surface area contributed by atoms with E-state index in [1.807, 2.05) is 6.07 Å². The number of carbonyl (C=O) groups is 1. The highest BCUT2D eigenvalue weighted by molar-refractivity contribution is 5.87. The molecule has 5 heteroatoms. The molecular formula is C15H10N2O3. The van der Waals surface area contributed by atoms with Crippen molar-refractivity contribution in [2.24, 2.45) is 0 Å². The van der Waals surface area contributed by atoms with E-state index in [1.165, 1.54) is 12.3 Å². The van der Waals surface area contributed by atoms with Crippen LogP contribution in [0.4, 0.5) is 0 Å². The number of pyridine rings is 2. The zero-order chi connectivity index (χ0) is 14.1. The molecule has 0 atom stereocenters. The lowest BCUT2D eigenvalue weighted by Gasteiger charge is -2.03. The van der Waals surface area contributed by atoms with Gasteiger partial charge in [-0.15, -0.1) is 0 Å². The fourth-order valence-corrected chi connectivity index (χ4v) is 1.93. The number of benzene rings is 1. The van der Waals surface area contributed by atoms with Crippen LogP contribution < -0.4 is 0 Å². The molecule has 3 aromatic rings. The first-order chi connectivity index (χ1) is 9.63. The molecule has 5 nitrogen and oxygen atoms in total. The highest BCUT2D eigenvalue weighted by Crippen LogP contribution is 2.22. The second kappa shape index (κ2) is 4.62. The minimum atomic E-state index is -1.01. The number of phenols is 1. The smallest absolute Gasteiger partial charge is 0.337 e. The van der Waals surface area contributed by atoms with Gasteiger partial charge < -0.3 is 10.2 Å². The number of fused-ring (bicyclic) bond motifs is 1. The van der Waals surface area contributed by atoms with Gasteiger partial charge in [-0.1, -0.05) is 6.07 Å². The molecule has 0 aliphatic heterocycles. The maximum absolute atomic E-state index is 10.8. The molecule has 0 fully saturated rings. The molecule has 0 radical (unpaired) electrons. The maximum atomic E-state index is 10.8. The number of hydrogen-bond donors (Lipinski definition) is 2. The van der Waals surface area contributed by atoms with Crippen molar-refractivity contribution in [2.75, 3.05) is 0 Å². The number of hydrogen-bond acceptors (Lipinski definition) is 4. The van der Waals surface area contributed by atoms with Crippen molar-refractivity contribution in [3.05, 3.63) is 54.2 Å². The molecule has 2 aromatic heterocycles. The average molecular weight is 266 g/mol. The summed E-state index contributed by atoms with van der Waals surface area (Å²) in [7, 11) is 0. The van der Waals surface area contributed by atoms with Crippen molar-refractivity contribution >= 4 is 16.9 Å². The van der Waals surface area contributed by atoms with E-state index in [4.69, 9.17) is 5.11 Å². The summed E-state index contributed by atoms with van der Waals surface area (Å²) in [4.78, 5) is 19.3. The average Bonchev–Trinajstić information content (AvgIpc) is 2.47. The quantitative estimate of drug-likeness (QED) is 0.745. The van der Waals surface area contributed by atoms with E-state index in [2.05, 4.69) is 9.97 Å². The number of carboxylic acids is 1. The molecule has 2 N–H and O–H groups in total. The molecule has 0 spiro atoms. The van der Waals surface area contributed by atoms with E-state index in [-0.39, 0.29) is 11.3 Å². The van der Waals surface area contributed by atoms with Crippen LogP contribution in [0.1, 0.15) is 10.4 Å². The second-order valence-corrected chi connectivity index (χ2v) is 4.31. The Kier molecular flexibility index (Phi) is 2.80. The van der Waals surface area contributed by atoms with Crippen LogP contribution in [0.15, 0.2) is 48.7 Å². The molecule has 0 saturated carbocycles. The Balaban J connectivity index is 2.05. The number of carboxylic acid groups (broad SMARTS) is 1. The molecule has 0 amide bonds. The Morgan fingerprint density at radius 1 is 1.00 bits per heavy atom. The lowest BCUT2D eigenvalue weighted by atomic mass is 10.1. The first kappa shape index (κ1) is 12.1. The fraction of sp³-hybridized carbons (Fsp3) is 0. The Morgan fingerprint density at radius 3 is 2.50 bits per heavy atom. The van der Waals surface area contributed by atoms with Gasteiger partial charge in [0.25, 0.3) is 0 Å². The summed E-state index contributed by atoms with van der Waals surface area (Å²) < 4.78 is 0. The summed E-state index contributed by atoms with van der Waals surface area (Å²) in [5.41, 5.74) is 2.13. The van der Waals surface area contributed by atoms with E-state index in [0.717, 1.165) is 10.9 Å². The van der Waals surface area contributed by atoms with Crippen molar-refractivity contribution in [3.63, 3.8) is 0 Å². The van der Waals surface area contributed by atoms with Crippen LogP contribution in [0.5, 0.6) is 5.75 Å². The summed E-state index contributed by atoms with van der Waals surface area (Å²) >= 11 is 0. The summed E-state index contributed by atoms with van der Waals surface area (Å²) in [6.07, 6.45) is 1.31. The van der Waals surface area contributed by atoms with Gasteiger partial charge in [0, 0.05) is 11.6 Å². The van der Waals surface area contributed by atoms with Crippen molar-refractivity contribution in [1.29, 1.82) is 0 Å². The van der Waals surface area contributed by atoms with Gasteiger partial charge in [0.2, 0.25) is 0 Å². The predicted octanol–water partition coefficient (Wildman–Crippen LogP) is 2.70.